The zero-order chi connectivity index (χ0) is 17.9. The Hall–Kier alpha value is -1.40. The molecule has 3 aromatic rings. The average Bonchev–Trinajstić information content (AvgIpc) is 3.32. The summed E-state index contributed by atoms with van der Waals surface area (Å²) in [6.45, 7) is 2.81. The van der Waals surface area contributed by atoms with E-state index in [1.54, 1.807) is 11.3 Å². The summed E-state index contributed by atoms with van der Waals surface area (Å²) in [6.07, 6.45) is 3.77. The Kier molecular flexibility index (Phi) is 5.60. The SMILES string of the molecule is O=C(NC[C@H](c1cccs1)N1CCCCC1)c1sc2ccccc2c1Cl. The minimum absolute atomic E-state index is 0.0743. The molecule has 1 aliphatic rings. The monoisotopic (exact) mass is 404 g/mol. The van der Waals surface area contributed by atoms with Crippen LogP contribution in [0.15, 0.2) is 41.8 Å². The van der Waals surface area contributed by atoms with Gasteiger partial charge in [0.1, 0.15) is 4.88 Å². The van der Waals surface area contributed by atoms with Gasteiger partial charge in [-0.2, -0.15) is 0 Å². The molecule has 1 aromatic carbocycles. The van der Waals surface area contributed by atoms with Crippen LogP contribution >= 0.6 is 34.3 Å². The first-order valence-electron chi connectivity index (χ1n) is 8.97. The number of amides is 1. The zero-order valence-corrected chi connectivity index (χ0v) is 16.8. The van der Waals surface area contributed by atoms with Gasteiger partial charge in [0, 0.05) is 21.5 Å². The van der Waals surface area contributed by atoms with Gasteiger partial charge in [0.2, 0.25) is 0 Å². The van der Waals surface area contributed by atoms with Crippen molar-refractivity contribution in [3.05, 3.63) is 56.6 Å². The maximum absolute atomic E-state index is 12.8. The number of hydrogen-bond acceptors (Lipinski definition) is 4. The molecule has 2 aromatic heterocycles. The molecule has 1 amide bonds. The number of nitrogens with one attached hydrogen (secondary N) is 1. The van der Waals surface area contributed by atoms with E-state index in [9.17, 15) is 4.79 Å². The van der Waals surface area contributed by atoms with Gasteiger partial charge < -0.3 is 5.32 Å². The summed E-state index contributed by atoms with van der Waals surface area (Å²) in [4.78, 5) is 17.2. The Bertz CT molecular complexity index is 884. The van der Waals surface area contributed by atoms with E-state index in [-0.39, 0.29) is 11.9 Å². The molecule has 3 nitrogen and oxygen atoms in total. The maximum atomic E-state index is 12.8. The van der Waals surface area contributed by atoms with Gasteiger partial charge in [-0.1, -0.05) is 42.3 Å². The highest BCUT2D eigenvalue weighted by molar-refractivity contribution is 7.21. The summed E-state index contributed by atoms with van der Waals surface area (Å²) in [7, 11) is 0. The fourth-order valence-corrected chi connectivity index (χ4v) is 5.84. The molecule has 0 saturated carbocycles. The first kappa shape index (κ1) is 18.0. The molecule has 1 fully saturated rings. The molecule has 0 bridgehead atoms. The van der Waals surface area contributed by atoms with Gasteiger partial charge in [-0.15, -0.1) is 22.7 Å². The van der Waals surface area contributed by atoms with Crippen molar-refractivity contribution in [2.75, 3.05) is 19.6 Å². The molecule has 1 atom stereocenters. The van der Waals surface area contributed by atoms with Gasteiger partial charge in [-0.05, 0) is 43.4 Å². The third kappa shape index (κ3) is 3.67. The third-order valence-corrected chi connectivity index (χ3v) is 7.55. The molecule has 1 saturated heterocycles. The first-order chi connectivity index (χ1) is 12.7. The Labute approximate surface area is 166 Å². The fourth-order valence-electron chi connectivity index (χ4n) is 3.55. The van der Waals surface area contributed by atoms with Crippen molar-refractivity contribution in [2.45, 2.75) is 25.3 Å². The van der Waals surface area contributed by atoms with Crippen LogP contribution in [-0.4, -0.2) is 30.4 Å². The van der Waals surface area contributed by atoms with Crippen molar-refractivity contribution in [3.8, 4) is 0 Å². The van der Waals surface area contributed by atoms with E-state index < -0.39 is 0 Å². The summed E-state index contributed by atoms with van der Waals surface area (Å²) < 4.78 is 1.05. The number of carbonyl (C=O) groups is 1. The number of rotatable bonds is 5. The number of piperidine rings is 1. The summed E-state index contributed by atoms with van der Waals surface area (Å²) in [5.41, 5.74) is 0. The lowest BCUT2D eigenvalue weighted by atomic mass is 10.1. The topological polar surface area (TPSA) is 32.3 Å². The van der Waals surface area contributed by atoms with Crippen molar-refractivity contribution < 1.29 is 4.79 Å². The van der Waals surface area contributed by atoms with Crippen LogP contribution < -0.4 is 5.32 Å². The summed E-state index contributed by atoms with van der Waals surface area (Å²) in [6, 6.07) is 12.4. The van der Waals surface area contributed by atoms with E-state index in [0.717, 1.165) is 23.2 Å². The molecule has 0 spiro atoms. The van der Waals surface area contributed by atoms with Crippen molar-refractivity contribution >= 4 is 50.3 Å². The van der Waals surface area contributed by atoms with Gasteiger partial charge in [0.05, 0.1) is 11.1 Å². The predicted octanol–water partition coefficient (Wildman–Crippen LogP) is 5.57. The molecule has 3 heterocycles. The molecule has 0 radical (unpaired) electrons. The summed E-state index contributed by atoms with van der Waals surface area (Å²) in [5, 5.41) is 6.76. The number of fused-ring (bicyclic) bond motifs is 1. The van der Waals surface area contributed by atoms with Crippen LogP contribution in [-0.2, 0) is 0 Å². The maximum Gasteiger partial charge on any atom is 0.262 e. The van der Waals surface area contributed by atoms with E-state index in [2.05, 4.69) is 27.7 Å². The summed E-state index contributed by atoms with van der Waals surface area (Å²) >= 11 is 9.68. The highest BCUT2D eigenvalue weighted by Gasteiger charge is 2.25. The second kappa shape index (κ2) is 8.09. The number of halogens is 1. The highest BCUT2D eigenvalue weighted by Crippen LogP contribution is 2.35. The van der Waals surface area contributed by atoms with Crippen LogP contribution in [0.5, 0.6) is 0 Å². The van der Waals surface area contributed by atoms with Gasteiger partial charge in [0.25, 0.3) is 5.91 Å². The van der Waals surface area contributed by atoms with Crippen LogP contribution in [0.3, 0.4) is 0 Å². The number of hydrogen-bond donors (Lipinski definition) is 1. The minimum Gasteiger partial charge on any atom is -0.349 e. The van der Waals surface area contributed by atoms with E-state index in [1.807, 2.05) is 24.3 Å². The fraction of sp³-hybridized carbons (Fsp3) is 0.350. The Balaban J connectivity index is 1.51. The lowest BCUT2D eigenvalue weighted by Crippen LogP contribution is -2.40. The molecule has 0 aliphatic carbocycles. The normalized spacial score (nSPS) is 16.7. The van der Waals surface area contributed by atoms with E-state index in [4.69, 9.17) is 11.6 Å². The van der Waals surface area contributed by atoms with E-state index >= 15 is 0 Å². The van der Waals surface area contributed by atoms with Gasteiger partial charge in [0.15, 0.2) is 0 Å². The van der Waals surface area contributed by atoms with Crippen LogP contribution in [0.1, 0.15) is 39.9 Å². The number of thiophene rings is 2. The Morgan fingerprint density at radius 2 is 1.96 bits per heavy atom. The molecule has 1 aliphatic heterocycles. The zero-order valence-electron chi connectivity index (χ0n) is 14.4. The van der Waals surface area contributed by atoms with Crippen molar-refractivity contribution in [3.63, 3.8) is 0 Å². The van der Waals surface area contributed by atoms with Crippen molar-refractivity contribution in [1.29, 1.82) is 0 Å². The van der Waals surface area contributed by atoms with Gasteiger partial charge in [-0.3, -0.25) is 9.69 Å². The molecule has 0 unspecified atom stereocenters. The van der Waals surface area contributed by atoms with Crippen molar-refractivity contribution in [2.24, 2.45) is 0 Å². The third-order valence-electron chi connectivity index (χ3n) is 4.90. The number of nitrogens with zero attached hydrogens (tertiary/aromatic N) is 1. The quantitative estimate of drug-likeness (QED) is 0.602. The largest absolute Gasteiger partial charge is 0.349 e. The van der Waals surface area contributed by atoms with Crippen LogP contribution in [0.4, 0.5) is 0 Å². The second-order valence-corrected chi connectivity index (χ2v) is 8.99. The molecule has 26 heavy (non-hydrogen) atoms. The lowest BCUT2D eigenvalue weighted by molar-refractivity contribution is 0.0930. The van der Waals surface area contributed by atoms with Crippen LogP contribution in [0.25, 0.3) is 10.1 Å². The molecule has 136 valence electrons. The van der Waals surface area contributed by atoms with Crippen LogP contribution in [0, 0.1) is 0 Å². The Morgan fingerprint density at radius 3 is 2.69 bits per heavy atom. The molecule has 1 N–H and O–H groups in total. The highest BCUT2D eigenvalue weighted by atomic mass is 35.5. The molecule has 4 rings (SSSR count). The van der Waals surface area contributed by atoms with Gasteiger partial charge >= 0.3 is 0 Å². The minimum atomic E-state index is -0.0743. The standard InChI is InChI=1S/C20H21ClN2OS2/c21-18-14-7-2-3-8-16(14)26-19(18)20(24)22-13-15(17-9-6-12-25-17)23-10-4-1-5-11-23/h2-3,6-9,12,15H,1,4-5,10-11,13H2,(H,22,24)/t15-/m1/s1. The van der Waals surface area contributed by atoms with E-state index in [0.29, 0.717) is 16.4 Å². The van der Waals surface area contributed by atoms with E-state index in [1.165, 1.54) is 35.5 Å². The molecular weight excluding hydrogens is 384 g/mol. The smallest absolute Gasteiger partial charge is 0.262 e. The predicted molar refractivity (Wildman–Crippen MR) is 112 cm³/mol. The second-order valence-electron chi connectivity index (χ2n) is 6.58. The average molecular weight is 405 g/mol. The van der Waals surface area contributed by atoms with Gasteiger partial charge in [-0.25, -0.2) is 0 Å². The summed E-state index contributed by atoms with van der Waals surface area (Å²) in [5.74, 6) is -0.0743. The number of carbonyl (C=O) groups excluding carboxylic acids is 1. The Morgan fingerprint density at radius 1 is 1.15 bits per heavy atom. The van der Waals surface area contributed by atoms with Crippen molar-refractivity contribution in [1.82, 2.24) is 10.2 Å². The first-order valence-corrected chi connectivity index (χ1v) is 11.0. The molecular formula is C20H21ClN2OS2. The lowest BCUT2D eigenvalue weighted by Gasteiger charge is -2.34. The molecule has 6 heteroatoms. The number of likely N-dealkylation sites (tertiary alicyclic amines) is 1. The van der Waals surface area contributed by atoms with Crippen LogP contribution in [0.2, 0.25) is 5.02 Å². The number of benzene rings is 1.